The summed E-state index contributed by atoms with van der Waals surface area (Å²) in [5, 5.41) is 12.2. The number of benzene rings is 3. The van der Waals surface area contributed by atoms with Gasteiger partial charge in [-0.1, -0.05) is 39.3 Å². The second-order valence-electron chi connectivity index (χ2n) is 8.39. The highest BCUT2D eigenvalue weighted by Crippen LogP contribution is 2.30. The quantitative estimate of drug-likeness (QED) is 0.231. The molecule has 2 heterocycles. The van der Waals surface area contributed by atoms with E-state index >= 15 is 0 Å². The second-order valence-corrected chi connectivity index (χ2v) is 11.2. The maximum atomic E-state index is 13.4. The van der Waals surface area contributed by atoms with Crippen LogP contribution in [0.1, 0.15) is 19.4 Å². The van der Waals surface area contributed by atoms with Crippen LogP contribution >= 0.6 is 15.9 Å². The van der Waals surface area contributed by atoms with Crippen molar-refractivity contribution in [2.45, 2.75) is 30.2 Å². The lowest BCUT2D eigenvalue weighted by Crippen LogP contribution is -2.10. The van der Waals surface area contributed by atoms with Crippen molar-refractivity contribution in [2.24, 2.45) is 0 Å². The molecule has 0 saturated heterocycles. The molecule has 0 spiro atoms. The second kappa shape index (κ2) is 11.0. The molecule has 196 valence electrons. The molecule has 0 radical (unpaired) electrons. The van der Waals surface area contributed by atoms with E-state index in [0.29, 0.717) is 43.3 Å². The van der Waals surface area contributed by atoms with Gasteiger partial charge in [0.25, 0.3) is 0 Å². The van der Waals surface area contributed by atoms with Crippen LogP contribution in [0.3, 0.4) is 0 Å². The fourth-order valence-corrected chi connectivity index (χ4v) is 5.65. The largest absolute Gasteiger partial charge is 0.490 e. The number of rotatable bonds is 10. The Kier molecular flexibility index (Phi) is 7.48. The van der Waals surface area contributed by atoms with Crippen LogP contribution < -0.4 is 14.8 Å². The Hall–Kier alpha value is -3.70. The van der Waals surface area contributed by atoms with E-state index in [1.165, 1.54) is 16.6 Å². The normalized spacial score (nSPS) is 11.7. The van der Waals surface area contributed by atoms with Gasteiger partial charge in [0.15, 0.2) is 17.1 Å². The number of fused-ring (bicyclic) bond motifs is 3. The summed E-state index contributed by atoms with van der Waals surface area (Å²) in [4.78, 5) is 4.80. The topological polar surface area (TPSA) is 108 Å². The molecule has 5 aromatic rings. The van der Waals surface area contributed by atoms with Crippen LogP contribution in [0.4, 0.5) is 5.82 Å². The molecular weight excluding hydrogens is 570 g/mol. The van der Waals surface area contributed by atoms with E-state index in [4.69, 9.17) is 9.47 Å². The highest BCUT2D eigenvalue weighted by molar-refractivity contribution is 9.10. The number of nitrogens with zero attached hydrogens (tertiary/aromatic N) is 4. The third-order valence-corrected chi connectivity index (χ3v) is 8.11. The fourth-order valence-electron chi connectivity index (χ4n) is 4.16. The van der Waals surface area contributed by atoms with Gasteiger partial charge in [0.05, 0.1) is 23.6 Å². The van der Waals surface area contributed by atoms with E-state index < -0.39 is 9.84 Å². The Morgan fingerprint density at radius 1 is 0.947 bits per heavy atom. The van der Waals surface area contributed by atoms with Gasteiger partial charge in [0.2, 0.25) is 14.9 Å². The lowest BCUT2D eigenvalue weighted by atomic mass is 10.1. The van der Waals surface area contributed by atoms with Gasteiger partial charge in [-0.25, -0.2) is 13.4 Å². The van der Waals surface area contributed by atoms with Gasteiger partial charge in [-0.3, -0.25) is 0 Å². The van der Waals surface area contributed by atoms with Crippen molar-refractivity contribution in [3.63, 3.8) is 0 Å². The fraction of sp³-hybridized carbons (Fsp3) is 0.222. The number of anilines is 1. The summed E-state index contributed by atoms with van der Waals surface area (Å²) in [5.74, 6) is 1.99. The summed E-state index contributed by atoms with van der Waals surface area (Å²) in [7, 11) is -3.94. The molecule has 1 N–H and O–H groups in total. The predicted molar refractivity (Wildman–Crippen MR) is 149 cm³/mol. The molecule has 11 heteroatoms. The van der Waals surface area contributed by atoms with Gasteiger partial charge in [-0.2, -0.15) is 4.52 Å². The molecule has 0 atom stereocenters. The highest BCUT2D eigenvalue weighted by atomic mass is 79.9. The minimum atomic E-state index is -3.94. The minimum Gasteiger partial charge on any atom is -0.490 e. The summed E-state index contributed by atoms with van der Waals surface area (Å²) in [6, 6.07) is 19.8. The number of aromatic nitrogens is 4. The average molecular weight is 597 g/mol. The summed E-state index contributed by atoms with van der Waals surface area (Å²) >= 11 is 3.34. The van der Waals surface area contributed by atoms with Gasteiger partial charge in [0.1, 0.15) is 5.82 Å². The Bertz CT molecular complexity index is 1700. The van der Waals surface area contributed by atoms with E-state index in [1.54, 1.807) is 12.1 Å². The highest BCUT2D eigenvalue weighted by Gasteiger charge is 2.27. The first kappa shape index (κ1) is 25.9. The van der Waals surface area contributed by atoms with Gasteiger partial charge in [0, 0.05) is 16.4 Å². The van der Waals surface area contributed by atoms with Crippen LogP contribution in [-0.4, -0.2) is 48.0 Å². The minimum absolute atomic E-state index is 0.119. The van der Waals surface area contributed by atoms with Crippen LogP contribution in [0.2, 0.25) is 0 Å². The smallest absolute Gasteiger partial charge is 0.229 e. The Balaban J connectivity index is 1.48. The van der Waals surface area contributed by atoms with Crippen LogP contribution in [0, 0.1) is 0 Å². The molecule has 2 aromatic heterocycles. The van der Waals surface area contributed by atoms with Crippen molar-refractivity contribution in [1.82, 2.24) is 19.8 Å². The summed E-state index contributed by atoms with van der Waals surface area (Å²) in [5.41, 5.74) is 1.93. The summed E-state index contributed by atoms with van der Waals surface area (Å²) in [6.45, 7) is 5.54. The predicted octanol–water partition coefficient (Wildman–Crippen LogP) is 5.32. The van der Waals surface area contributed by atoms with E-state index in [2.05, 4.69) is 36.5 Å². The van der Waals surface area contributed by atoms with Gasteiger partial charge >= 0.3 is 0 Å². The van der Waals surface area contributed by atoms with E-state index in [-0.39, 0.29) is 15.6 Å². The number of para-hydroxylation sites is 1. The molecule has 0 fully saturated rings. The molecule has 9 nitrogen and oxygen atoms in total. The molecule has 0 unspecified atom stereocenters. The van der Waals surface area contributed by atoms with Crippen molar-refractivity contribution >= 4 is 48.1 Å². The number of hydrogen-bond acceptors (Lipinski definition) is 8. The Morgan fingerprint density at radius 3 is 2.45 bits per heavy atom. The lowest BCUT2D eigenvalue weighted by Gasteiger charge is -2.13. The summed E-state index contributed by atoms with van der Waals surface area (Å²) in [6.07, 6.45) is 0.690. The van der Waals surface area contributed by atoms with Gasteiger partial charge in [-0.15, -0.1) is 5.10 Å². The van der Waals surface area contributed by atoms with E-state index in [0.717, 1.165) is 21.2 Å². The molecule has 0 amide bonds. The van der Waals surface area contributed by atoms with Crippen LogP contribution in [0.15, 0.2) is 81.1 Å². The zero-order valence-corrected chi connectivity index (χ0v) is 23.3. The molecule has 38 heavy (non-hydrogen) atoms. The van der Waals surface area contributed by atoms with Crippen molar-refractivity contribution < 1.29 is 17.9 Å². The standard InChI is InChI=1S/C27H26BrN5O4S/c1-3-36-23-14-9-18(17-24(23)37-4-2)15-16-29-25-21-7-5-6-8-22(21)33-26(30-25)27(31-32-33)38(34,35)20-12-10-19(28)11-13-20/h5-14,17H,3-4,15-16H2,1-2H3,(H,29,30). The zero-order chi connectivity index (χ0) is 26.7. The number of ether oxygens (including phenoxy) is 2. The maximum absolute atomic E-state index is 13.4. The first-order valence-corrected chi connectivity index (χ1v) is 14.5. The number of nitrogens with one attached hydrogen (secondary N) is 1. The monoisotopic (exact) mass is 595 g/mol. The first-order chi connectivity index (χ1) is 18.4. The van der Waals surface area contributed by atoms with Crippen molar-refractivity contribution in [3.8, 4) is 11.5 Å². The van der Waals surface area contributed by atoms with E-state index in [9.17, 15) is 8.42 Å². The average Bonchev–Trinajstić information content (AvgIpc) is 3.36. The molecule has 3 aromatic carbocycles. The molecule has 0 saturated carbocycles. The SMILES string of the molecule is CCOc1ccc(CCNc2nc3c(S(=O)(=O)c4ccc(Br)cc4)nnn3c3ccccc23)cc1OCC. The van der Waals surface area contributed by atoms with Crippen LogP contribution in [0.5, 0.6) is 11.5 Å². The van der Waals surface area contributed by atoms with Gasteiger partial charge in [-0.05, 0) is 74.4 Å². The van der Waals surface area contributed by atoms with Crippen LogP contribution in [-0.2, 0) is 16.3 Å². The molecular formula is C27H26BrN5O4S. The first-order valence-electron chi connectivity index (χ1n) is 12.2. The Labute approximate surface area is 228 Å². The van der Waals surface area contributed by atoms with Crippen molar-refractivity contribution in [2.75, 3.05) is 25.1 Å². The molecule has 0 aliphatic carbocycles. The maximum Gasteiger partial charge on any atom is 0.229 e. The third-order valence-electron chi connectivity index (χ3n) is 5.91. The number of halogens is 1. The number of sulfone groups is 1. The number of hydrogen-bond donors (Lipinski definition) is 1. The molecule has 0 aliphatic rings. The van der Waals surface area contributed by atoms with E-state index in [1.807, 2.05) is 56.3 Å². The third kappa shape index (κ3) is 5.03. The van der Waals surface area contributed by atoms with Crippen molar-refractivity contribution in [1.29, 1.82) is 0 Å². The lowest BCUT2D eigenvalue weighted by molar-refractivity contribution is 0.287. The zero-order valence-electron chi connectivity index (χ0n) is 20.9. The van der Waals surface area contributed by atoms with Gasteiger partial charge < -0.3 is 14.8 Å². The van der Waals surface area contributed by atoms with Crippen molar-refractivity contribution in [3.05, 3.63) is 76.8 Å². The molecule has 5 rings (SSSR count). The molecule has 0 bridgehead atoms. The Morgan fingerprint density at radius 2 is 1.68 bits per heavy atom. The van der Waals surface area contributed by atoms with Crippen LogP contribution in [0.25, 0.3) is 16.6 Å². The molecule has 0 aliphatic heterocycles. The summed E-state index contributed by atoms with van der Waals surface area (Å²) < 4.78 is 40.5.